The Hall–Kier alpha value is -1.29. The third kappa shape index (κ3) is 4.10. The van der Waals surface area contributed by atoms with Crippen molar-refractivity contribution in [3.63, 3.8) is 0 Å². The maximum absolute atomic E-state index is 12.3. The number of thioether (sulfide) groups is 1. The van der Waals surface area contributed by atoms with Gasteiger partial charge in [0, 0.05) is 16.7 Å². The van der Waals surface area contributed by atoms with Crippen LogP contribution in [-0.2, 0) is 14.3 Å². The molecule has 0 heterocycles. The normalized spacial score (nSPS) is 23.6. The molecule has 0 unspecified atom stereocenters. The Bertz CT molecular complexity index is 500. The zero-order valence-electron chi connectivity index (χ0n) is 12.6. The molecule has 1 saturated carbocycles. The average Bonchev–Trinajstić information content (AvgIpc) is 2.50. The summed E-state index contributed by atoms with van der Waals surface area (Å²) >= 11 is 1.49. The van der Waals surface area contributed by atoms with Crippen molar-refractivity contribution in [1.82, 2.24) is 0 Å². The van der Waals surface area contributed by atoms with Crippen LogP contribution in [0.2, 0.25) is 0 Å². The number of benzene rings is 1. The first kappa shape index (κ1) is 16.1. The van der Waals surface area contributed by atoms with Gasteiger partial charge in [0.05, 0.1) is 7.11 Å². The summed E-state index contributed by atoms with van der Waals surface area (Å²) < 4.78 is 4.94. The van der Waals surface area contributed by atoms with Crippen molar-refractivity contribution in [2.75, 3.05) is 7.11 Å². The van der Waals surface area contributed by atoms with E-state index in [2.05, 4.69) is 0 Å². The molecule has 0 aliphatic heterocycles. The Kier molecular flexibility index (Phi) is 5.45. The van der Waals surface area contributed by atoms with Gasteiger partial charge < -0.3 is 4.74 Å². The van der Waals surface area contributed by atoms with Crippen molar-refractivity contribution < 1.29 is 14.3 Å². The predicted molar refractivity (Wildman–Crippen MR) is 84.3 cm³/mol. The van der Waals surface area contributed by atoms with Crippen molar-refractivity contribution in [2.24, 2.45) is 5.41 Å². The molecule has 21 heavy (non-hydrogen) atoms. The maximum atomic E-state index is 12.3. The summed E-state index contributed by atoms with van der Waals surface area (Å²) in [7, 11) is 1.41. The number of methoxy groups -OCH3 is 1. The molecule has 1 aliphatic carbocycles. The van der Waals surface area contributed by atoms with Gasteiger partial charge in [0.2, 0.25) is 0 Å². The van der Waals surface area contributed by atoms with Crippen molar-refractivity contribution in [3.8, 4) is 0 Å². The molecule has 0 saturated heterocycles. The Balaban J connectivity index is 2.13. The van der Waals surface area contributed by atoms with Crippen molar-refractivity contribution >= 4 is 23.5 Å². The van der Waals surface area contributed by atoms with E-state index in [0.717, 1.165) is 24.2 Å². The van der Waals surface area contributed by atoms with Gasteiger partial charge in [0.15, 0.2) is 0 Å². The Morgan fingerprint density at radius 2 is 2.05 bits per heavy atom. The van der Waals surface area contributed by atoms with E-state index in [1.165, 1.54) is 18.9 Å². The third-order valence-electron chi connectivity index (χ3n) is 4.18. The minimum atomic E-state index is -0.390. The maximum Gasteiger partial charge on any atom is 0.319 e. The van der Waals surface area contributed by atoms with Crippen LogP contribution in [0.25, 0.3) is 0 Å². The number of esters is 1. The lowest BCUT2D eigenvalue weighted by atomic mass is 9.71. The molecular formula is C17H22O3S. The van der Waals surface area contributed by atoms with Gasteiger partial charge in [0.1, 0.15) is 11.0 Å². The monoisotopic (exact) mass is 306 g/mol. The fraction of sp³-hybridized carbons (Fsp3) is 0.529. The van der Waals surface area contributed by atoms with E-state index < -0.39 is 0 Å². The Morgan fingerprint density at radius 1 is 1.33 bits per heavy atom. The van der Waals surface area contributed by atoms with Gasteiger partial charge in [-0.1, -0.05) is 31.5 Å². The number of hydrogen-bond acceptors (Lipinski definition) is 4. The molecule has 1 aliphatic rings. The van der Waals surface area contributed by atoms with Gasteiger partial charge in [0.25, 0.3) is 0 Å². The quantitative estimate of drug-likeness (QED) is 0.612. The first-order valence-corrected chi connectivity index (χ1v) is 8.26. The molecule has 2 rings (SSSR count). The molecule has 0 radical (unpaired) electrons. The third-order valence-corrected chi connectivity index (χ3v) is 5.37. The van der Waals surface area contributed by atoms with Crippen molar-refractivity contribution in [1.29, 1.82) is 0 Å². The Morgan fingerprint density at radius 3 is 2.67 bits per heavy atom. The second-order valence-electron chi connectivity index (χ2n) is 5.84. The zero-order valence-corrected chi connectivity index (χ0v) is 13.4. The zero-order chi connectivity index (χ0) is 15.3. The summed E-state index contributed by atoms with van der Waals surface area (Å²) in [4.78, 5) is 25.4. The number of carbonyl (C=O) groups is 2. The number of ketones is 1. The van der Waals surface area contributed by atoms with Crippen LogP contribution in [0.3, 0.4) is 0 Å². The first-order valence-electron chi connectivity index (χ1n) is 7.38. The van der Waals surface area contributed by atoms with Gasteiger partial charge in [-0.05, 0) is 31.4 Å². The highest BCUT2D eigenvalue weighted by atomic mass is 32.2. The van der Waals surface area contributed by atoms with E-state index in [4.69, 9.17) is 4.74 Å². The molecule has 2 atom stereocenters. The summed E-state index contributed by atoms with van der Waals surface area (Å²) in [6, 6.07) is 9.80. The average molecular weight is 306 g/mol. The van der Waals surface area contributed by atoms with Gasteiger partial charge in [-0.2, -0.15) is 0 Å². The Labute approximate surface area is 130 Å². The summed E-state index contributed by atoms with van der Waals surface area (Å²) in [6.07, 6.45) is 4.10. The van der Waals surface area contributed by atoms with Crippen LogP contribution >= 0.6 is 11.8 Å². The minimum Gasteiger partial charge on any atom is -0.468 e. The van der Waals surface area contributed by atoms with E-state index in [9.17, 15) is 9.59 Å². The molecule has 0 aromatic heterocycles. The number of hydrogen-bond donors (Lipinski definition) is 0. The highest BCUT2D eigenvalue weighted by Gasteiger charge is 2.39. The second-order valence-corrected chi connectivity index (χ2v) is 7.11. The van der Waals surface area contributed by atoms with Crippen LogP contribution in [-0.4, -0.2) is 24.1 Å². The molecule has 114 valence electrons. The van der Waals surface area contributed by atoms with E-state index in [0.29, 0.717) is 12.8 Å². The molecule has 0 spiro atoms. The molecule has 1 aromatic carbocycles. The molecule has 1 fully saturated rings. The standard InChI is InChI=1S/C17H22O3S/c1-17(11-7-6-10-15(17)18)12-14(16(19)20-2)21-13-8-4-3-5-9-13/h3-5,8-9,14H,6-7,10-12H2,1-2H3/t14-,17+/m1/s1. The van der Waals surface area contributed by atoms with Gasteiger partial charge >= 0.3 is 5.97 Å². The van der Waals surface area contributed by atoms with Crippen LogP contribution in [0.4, 0.5) is 0 Å². The molecule has 4 heteroatoms. The molecule has 1 aromatic rings. The fourth-order valence-electron chi connectivity index (χ4n) is 2.83. The highest BCUT2D eigenvalue weighted by Crippen LogP contribution is 2.41. The lowest BCUT2D eigenvalue weighted by Gasteiger charge is -2.34. The van der Waals surface area contributed by atoms with Crippen LogP contribution < -0.4 is 0 Å². The highest BCUT2D eigenvalue weighted by molar-refractivity contribution is 8.00. The number of carbonyl (C=O) groups excluding carboxylic acids is 2. The molecule has 3 nitrogen and oxygen atoms in total. The molecule has 0 bridgehead atoms. The smallest absolute Gasteiger partial charge is 0.319 e. The summed E-state index contributed by atoms with van der Waals surface area (Å²) in [5, 5.41) is -0.329. The number of ether oxygens (including phenoxy) is 1. The van der Waals surface area contributed by atoms with E-state index >= 15 is 0 Å². The van der Waals surface area contributed by atoms with Crippen molar-refractivity contribution in [2.45, 2.75) is 49.2 Å². The van der Waals surface area contributed by atoms with Gasteiger partial charge in [-0.3, -0.25) is 9.59 Å². The number of Topliss-reactive ketones (excluding diaryl/α,β-unsaturated/α-hetero) is 1. The van der Waals surface area contributed by atoms with Crippen LogP contribution in [0.5, 0.6) is 0 Å². The molecule has 0 amide bonds. The van der Waals surface area contributed by atoms with Crippen LogP contribution in [0.1, 0.15) is 39.0 Å². The number of rotatable bonds is 5. The van der Waals surface area contributed by atoms with Crippen molar-refractivity contribution in [3.05, 3.63) is 30.3 Å². The largest absolute Gasteiger partial charge is 0.468 e. The van der Waals surface area contributed by atoms with E-state index in [-0.39, 0.29) is 22.4 Å². The summed E-state index contributed by atoms with van der Waals surface area (Å²) in [5.74, 6) is 0.0415. The van der Waals surface area contributed by atoms with Gasteiger partial charge in [-0.25, -0.2) is 0 Å². The second kappa shape index (κ2) is 7.12. The van der Waals surface area contributed by atoms with Crippen LogP contribution in [0.15, 0.2) is 35.2 Å². The topological polar surface area (TPSA) is 43.4 Å². The molecular weight excluding hydrogens is 284 g/mol. The summed E-state index contributed by atoms with van der Waals surface area (Å²) in [5.41, 5.74) is -0.390. The first-order chi connectivity index (χ1) is 10.0. The van der Waals surface area contributed by atoms with E-state index in [1.54, 1.807) is 0 Å². The van der Waals surface area contributed by atoms with Crippen LogP contribution in [0, 0.1) is 5.41 Å². The van der Waals surface area contributed by atoms with Gasteiger partial charge in [-0.15, -0.1) is 11.8 Å². The summed E-state index contributed by atoms with van der Waals surface area (Å²) in [6.45, 7) is 2.00. The van der Waals surface area contributed by atoms with E-state index in [1.807, 2.05) is 37.3 Å². The molecule has 0 N–H and O–H groups in total. The fourth-order valence-corrected chi connectivity index (χ4v) is 4.12. The lowest BCUT2D eigenvalue weighted by Crippen LogP contribution is -2.36. The SMILES string of the molecule is COC(=O)[C@@H](C[C@]1(C)CCCCC1=O)Sc1ccccc1. The predicted octanol–water partition coefficient (Wildman–Crippen LogP) is 3.86. The minimum absolute atomic E-state index is 0.247. The lowest BCUT2D eigenvalue weighted by molar-refractivity contribution is -0.141.